The molecule has 25 heavy (non-hydrogen) atoms. The predicted molar refractivity (Wildman–Crippen MR) is 99.6 cm³/mol. The number of thioether (sulfide) groups is 1. The fourth-order valence-corrected chi connectivity index (χ4v) is 4.68. The fourth-order valence-electron chi connectivity index (χ4n) is 4.10. The molecule has 0 aliphatic carbocycles. The third-order valence-corrected chi connectivity index (χ3v) is 6.04. The highest BCUT2D eigenvalue weighted by Crippen LogP contribution is 2.37. The van der Waals surface area contributed by atoms with Crippen LogP contribution in [0.15, 0.2) is 23.2 Å². The Bertz CT molecular complexity index is 820. The van der Waals surface area contributed by atoms with Crippen LogP contribution in [0, 0.1) is 0 Å². The summed E-state index contributed by atoms with van der Waals surface area (Å²) in [6.07, 6.45) is 6.53. The Morgan fingerprint density at radius 3 is 2.72 bits per heavy atom. The first kappa shape index (κ1) is 16.7. The van der Waals surface area contributed by atoms with Crippen molar-refractivity contribution in [1.82, 2.24) is 14.9 Å². The van der Waals surface area contributed by atoms with Crippen LogP contribution < -0.4 is 5.32 Å². The van der Waals surface area contributed by atoms with Crippen LogP contribution >= 0.6 is 23.4 Å². The molecule has 2 aliphatic heterocycles. The average Bonchev–Trinajstić information content (AvgIpc) is 2.86. The molecule has 1 unspecified atom stereocenters. The quantitative estimate of drug-likeness (QED) is 0.618. The van der Waals surface area contributed by atoms with Gasteiger partial charge in [0, 0.05) is 40.7 Å². The molecular weight excluding hydrogens is 360 g/mol. The Morgan fingerprint density at radius 1 is 1.36 bits per heavy atom. The van der Waals surface area contributed by atoms with Gasteiger partial charge in [0.1, 0.15) is 11.0 Å². The van der Waals surface area contributed by atoms with E-state index in [-0.39, 0.29) is 18.1 Å². The molecule has 4 heterocycles. The molecule has 0 saturated carbocycles. The SMILES string of the molecule is CSc1cnc2cc(Cl)nc(NC3C[C@H]4CC[C@@H](C3)N4C(=O)O)c2c1. The van der Waals surface area contributed by atoms with E-state index < -0.39 is 6.09 Å². The monoisotopic (exact) mass is 378 g/mol. The van der Waals surface area contributed by atoms with Crippen molar-refractivity contribution >= 4 is 46.2 Å². The topological polar surface area (TPSA) is 78.4 Å². The first-order chi connectivity index (χ1) is 12.0. The van der Waals surface area contributed by atoms with E-state index in [1.807, 2.05) is 12.5 Å². The lowest BCUT2D eigenvalue weighted by Crippen LogP contribution is -2.49. The number of carbonyl (C=O) groups is 1. The zero-order valence-electron chi connectivity index (χ0n) is 13.8. The number of nitrogens with one attached hydrogen (secondary N) is 1. The molecule has 3 atom stereocenters. The minimum Gasteiger partial charge on any atom is -0.465 e. The van der Waals surface area contributed by atoms with Crippen molar-refractivity contribution in [3.8, 4) is 0 Å². The Kier molecular flexibility index (Phi) is 4.37. The largest absolute Gasteiger partial charge is 0.465 e. The number of halogens is 1. The van der Waals surface area contributed by atoms with Crippen LogP contribution in [-0.2, 0) is 0 Å². The van der Waals surface area contributed by atoms with Crippen molar-refractivity contribution in [1.29, 1.82) is 0 Å². The molecule has 2 aromatic rings. The summed E-state index contributed by atoms with van der Waals surface area (Å²) < 4.78 is 0. The van der Waals surface area contributed by atoms with Crippen LogP contribution in [0.25, 0.3) is 10.9 Å². The number of amides is 1. The van der Waals surface area contributed by atoms with E-state index in [0.29, 0.717) is 5.15 Å². The van der Waals surface area contributed by atoms with Crippen LogP contribution in [0.2, 0.25) is 5.15 Å². The summed E-state index contributed by atoms with van der Waals surface area (Å²) in [5.41, 5.74) is 0.811. The maximum Gasteiger partial charge on any atom is 0.407 e. The second kappa shape index (κ2) is 6.53. The van der Waals surface area contributed by atoms with Crippen LogP contribution in [0.3, 0.4) is 0 Å². The Balaban J connectivity index is 1.62. The van der Waals surface area contributed by atoms with Crippen LogP contribution in [0.5, 0.6) is 0 Å². The zero-order valence-corrected chi connectivity index (χ0v) is 15.3. The Hall–Kier alpha value is -1.73. The van der Waals surface area contributed by atoms with Crippen molar-refractivity contribution in [3.05, 3.63) is 23.5 Å². The molecule has 4 rings (SSSR count). The normalized spacial score (nSPS) is 25.4. The Labute approximate surface area is 155 Å². The van der Waals surface area contributed by atoms with Crippen LogP contribution in [0.1, 0.15) is 25.7 Å². The number of hydrogen-bond acceptors (Lipinski definition) is 5. The second-order valence-electron chi connectivity index (χ2n) is 6.62. The molecule has 6 nitrogen and oxygen atoms in total. The van der Waals surface area contributed by atoms with E-state index in [4.69, 9.17) is 11.6 Å². The highest BCUT2D eigenvalue weighted by atomic mass is 35.5. The van der Waals surface area contributed by atoms with Crippen molar-refractivity contribution in [2.24, 2.45) is 0 Å². The number of rotatable bonds is 3. The second-order valence-corrected chi connectivity index (χ2v) is 7.89. The molecule has 2 aliphatic rings. The van der Waals surface area contributed by atoms with Gasteiger partial charge in [0.2, 0.25) is 0 Å². The molecule has 2 bridgehead atoms. The van der Waals surface area contributed by atoms with Crippen molar-refractivity contribution in [3.63, 3.8) is 0 Å². The smallest absolute Gasteiger partial charge is 0.407 e. The molecule has 2 N–H and O–H groups in total. The summed E-state index contributed by atoms with van der Waals surface area (Å²) in [4.78, 5) is 23.1. The number of carboxylic acid groups (broad SMARTS) is 1. The number of piperidine rings is 1. The van der Waals surface area contributed by atoms with Gasteiger partial charge in [-0.3, -0.25) is 4.98 Å². The van der Waals surface area contributed by atoms with E-state index >= 15 is 0 Å². The number of fused-ring (bicyclic) bond motifs is 3. The highest BCUT2D eigenvalue weighted by molar-refractivity contribution is 7.98. The van der Waals surface area contributed by atoms with Crippen LogP contribution in [0.4, 0.5) is 10.6 Å². The highest BCUT2D eigenvalue weighted by Gasteiger charge is 2.43. The molecule has 1 amide bonds. The number of hydrogen-bond donors (Lipinski definition) is 2. The van der Waals surface area contributed by atoms with E-state index in [1.165, 1.54) is 0 Å². The molecular formula is C17H19ClN4O2S. The minimum absolute atomic E-state index is 0.0964. The number of nitrogens with zero attached hydrogens (tertiary/aromatic N) is 3. The molecule has 2 aromatic heterocycles. The lowest BCUT2D eigenvalue weighted by Gasteiger charge is -2.37. The maximum absolute atomic E-state index is 11.4. The molecule has 2 saturated heterocycles. The van der Waals surface area contributed by atoms with Gasteiger partial charge in [-0.2, -0.15) is 0 Å². The third kappa shape index (κ3) is 3.11. The third-order valence-electron chi connectivity index (χ3n) is 5.15. The summed E-state index contributed by atoms with van der Waals surface area (Å²) in [5, 5.41) is 14.3. The van der Waals surface area contributed by atoms with Gasteiger partial charge in [0.25, 0.3) is 0 Å². The number of pyridine rings is 2. The zero-order chi connectivity index (χ0) is 17.6. The maximum atomic E-state index is 11.4. The molecule has 0 radical (unpaired) electrons. The van der Waals surface area contributed by atoms with Gasteiger partial charge in [-0.1, -0.05) is 11.6 Å². The summed E-state index contributed by atoms with van der Waals surface area (Å²) in [6, 6.07) is 4.22. The first-order valence-electron chi connectivity index (χ1n) is 8.33. The van der Waals surface area contributed by atoms with Gasteiger partial charge in [0.05, 0.1) is 5.52 Å². The molecule has 8 heteroatoms. The van der Waals surface area contributed by atoms with E-state index in [0.717, 1.165) is 47.3 Å². The summed E-state index contributed by atoms with van der Waals surface area (Å²) >= 11 is 7.80. The van der Waals surface area contributed by atoms with Gasteiger partial charge in [0.15, 0.2) is 0 Å². The van der Waals surface area contributed by atoms with Gasteiger partial charge in [-0.15, -0.1) is 11.8 Å². The van der Waals surface area contributed by atoms with Gasteiger partial charge in [-0.25, -0.2) is 9.78 Å². The van der Waals surface area contributed by atoms with Crippen LogP contribution in [-0.4, -0.2) is 50.4 Å². The lowest BCUT2D eigenvalue weighted by molar-refractivity contribution is 0.0994. The fraction of sp³-hybridized carbons (Fsp3) is 0.471. The summed E-state index contributed by atoms with van der Waals surface area (Å²) in [7, 11) is 0. The van der Waals surface area contributed by atoms with Crippen molar-refractivity contribution in [2.45, 2.75) is 48.7 Å². The van der Waals surface area contributed by atoms with E-state index in [9.17, 15) is 9.90 Å². The summed E-state index contributed by atoms with van der Waals surface area (Å²) in [5.74, 6) is 0.735. The van der Waals surface area contributed by atoms with Gasteiger partial charge >= 0.3 is 6.09 Å². The predicted octanol–water partition coefficient (Wildman–Crippen LogP) is 4.09. The molecule has 0 aromatic carbocycles. The van der Waals surface area contributed by atoms with E-state index in [2.05, 4.69) is 21.4 Å². The van der Waals surface area contributed by atoms with Crippen molar-refractivity contribution < 1.29 is 9.90 Å². The van der Waals surface area contributed by atoms with Gasteiger partial charge < -0.3 is 15.3 Å². The number of aromatic nitrogens is 2. The average molecular weight is 379 g/mol. The van der Waals surface area contributed by atoms with Crippen molar-refractivity contribution in [2.75, 3.05) is 11.6 Å². The standard InChI is InChI=1S/C17H19ClN4O2S/c1-25-12-6-13-14(19-8-12)7-15(18)21-16(13)20-9-4-10-2-3-11(5-9)22(10)17(23)24/h6-11H,2-5H2,1H3,(H,20,21)(H,23,24)/t9?,10-,11+. The lowest BCUT2D eigenvalue weighted by atomic mass is 9.97. The number of anilines is 1. The minimum atomic E-state index is -0.800. The Morgan fingerprint density at radius 2 is 2.08 bits per heavy atom. The first-order valence-corrected chi connectivity index (χ1v) is 9.93. The summed E-state index contributed by atoms with van der Waals surface area (Å²) in [6.45, 7) is 0. The molecule has 2 fully saturated rings. The molecule has 132 valence electrons. The van der Waals surface area contributed by atoms with E-state index in [1.54, 1.807) is 22.7 Å². The molecule has 0 spiro atoms. The van der Waals surface area contributed by atoms with Gasteiger partial charge in [-0.05, 0) is 38.0 Å².